The van der Waals surface area contributed by atoms with Gasteiger partial charge in [0, 0.05) is 18.7 Å². The summed E-state index contributed by atoms with van der Waals surface area (Å²) in [6, 6.07) is 4.75. The van der Waals surface area contributed by atoms with Crippen molar-refractivity contribution in [3.05, 3.63) is 39.4 Å². The zero-order chi connectivity index (χ0) is 15.4. The minimum Gasteiger partial charge on any atom is -0.477 e. The van der Waals surface area contributed by atoms with E-state index in [4.69, 9.17) is 0 Å². The summed E-state index contributed by atoms with van der Waals surface area (Å²) >= 11 is 0. The van der Waals surface area contributed by atoms with Gasteiger partial charge in [-0.25, -0.2) is 4.79 Å². The Kier molecular flexibility index (Phi) is 4.90. The number of rotatable bonds is 5. The average Bonchev–Trinajstić information content (AvgIpc) is 2.45. The molecular weight excluding hydrogens is 272 g/mol. The largest absolute Gasteiger partial charge is 0.477 e. The second-order valence-corrected chi connectivity index (χ2v) is 5.62. The van der Waals surface area contributed by atoms with E-state index < -0.39 is 10.9 Å². The molecule has 2 rings (SSSR count). The van der Waals surface area contributed by atoms with Gasteiger partial charge in [0.1, 0.15) is 5.56 Å². The smallest absolute Gasteiger partial charge is 0.343 e. The first-order valence-corrected chi connectivity index (χ1v) is 7.23. The van der Waals surface area contributed by atoms with Crippen LogP contribution in [0.2, 0.25) is 0 Å². The van der Waals surface area contributed by atoms with Crippen LogP contribution in [-0.2, 0) is 6.54 Å². The Morgan fingerprint density at radius 2 is 2.14 bits per heavy atom. The number of carboxylic acids is 1. The Hall–Kier alpha value is -1.95. The first-order chi connectivity index (χ1) is 10.0. The molecular formula is C15H20N2O4. The van der Waals surface area contributed by atoms with Crippen molar-refractivity contribution in [2.24, 2.45) is 5.92 Å². The topological polar surface area (TPSA) is 92.5 Å². The Bertz CT molecular complexity index is 544. The number of benzene rings is 1. The first kappa shape index (κ1) is 15.4. The molecule has 0 aromatic heterocycles. The van der Waals surface area contributed by atoms with Gasteiger partial charge < -0.3 is 10.4 Å². The summed E-state index contributed by atoms with van der Waals surface area (Å²) < 4.78 is 0. The third kappa shape index (κ3) is 3.58. The van der Waals surface area contributed by atoms with Gasteiger partial charge in [0.15, 0.2) is 0 Å². The van der Waals surface area contributed by atoms with Gasteiger partial charge in [0.25, 0.3) is 5.69 Å². The van der Waals surface area contributed by atoms with E-state index >= 15 is 0 Å². The highest BCUT2D eigenvalue weighted by molar-refractivity contribution is 5.94. The lowest BCUT2D eigenvalue weighted by molar-refractivity contribution is -0.385. The van der Waals surface area contributed by atoms with E-state index in [-0.39, 0.29) is 11.3 Å². The van der Waals surface area contributed by atoms with Crippen LogP contribution in [0.4, 0.5) is 5.69 Å². The molecule has 6 nitrogen and oxygen atoms in total. The van der Waals surface area contributed by atoms with E-state index in [2.05, 4.69) is 12.2 Å². The molecule has 0 saturated heterocycles. The summed E-state index contributed by atoms with van der Waals surface area (Å²) in [5.74, 6) is -0.707. The third-order valence-electron chi connectivity index (χ3n) is 4.21. The molecule has 0 radical (unpaired) electrons. The SMILES string of the molecule is CC1CCCCC1NCc1cccc([N+](=O)[O-])c1C(=O)O. The van der Waals surface area contributed by atoms with Crippen molar-refractivity contribution in [1.29, 1.82) is 0 Å². The Balaban J connectivity index is 2.17. The molecule has 6 heteroatoms. The number of hydrogen-bond acceptors (Lipinski definition) is 4. The summed E-state index contributed by atoms with van der Waals surface area (Å²) in [4.78, 5) is 21.6. The number of nitrogens with one attached hydrogen (secondary N) is 1. The predicted molar refractivity (Wildman–Crippen MR) is 78.3 cm³/mol. The highest BCUT2D eigenvalue weighted by Crippen LogP contribution is 2.26. The number of aromatic carboxylic acids is 1. The molecule has 2 unspecified atom stereocenters. The molecule has 1 aliphatic rings. The van der Waals surface area contributed by atoms with Crippen molar-refractivity contribution in [2.45, 2.75) is 45.2 Å². The molecule has 0 aliphatic heterocycles. The Morgan fingerprint density at radius 1 is 1.43 bits per heavy atom. The van der Waals surface area contributed by atoms with Gasteiger partial charge >= 0.3 is 5.97 Å². The van der Waals surface area contributed by atoms with E-state index in [0.29, 0.717) is 24.1 Å². The normalized spacial score (nSPS) is 22.0. The summed E-state index contributed by atoms with van der Waals surface area (Å²) in [5.41, 5.74) is -0.0913. The number of carbonyl (C=O) groups is 1. The van der Waals surface area contributed by atoms with Crippen LogP contribution in [0.15, 0.2) is 18.2 Å². The molecule has 2 N–H and O–H groups in total. The van der Waals surface area contributed by atoms with Crippen LogP contribution in [0.3, 0.4) is 0 Å². The number of hydrogen-bond donors (Lipinski definition) is 2. The maximum Gasteiger partial charge on any atom is 0.343 e. The summed E-state index contributed by atoms with van der Waals surface area (Å²) in [6.45, 7) is 2.53. The zero-order valence-corrected chi connectivity index (χ0v) is 12.0. The minimum absolute atomic E-state index is 0.210. The molecule has 1 aromatic carbocycles. The van der Waals surface area contributed by atoms with Crippen molar-refractivity contribution in [1.82, 2.24) is 5.32 Å². The number of nitrogens with zero attached hydrogens (tertiary/aromatic N) is 1. The second-order valence-electron chi connectivity index (χ2n) is 5.62. The molecule has 0 heterocycles. The van der Waals surface area contributed by atoms with Gasteiger partial charge in [-0.1, -0.05) is 31.9 Å². The van der Waals surface area contributed by atoms with Crippen molar-refractivity contribution >= 4 is 11.7 Å². The van der Waals surface area contributed by atoms with Crippen molar-refractivity contribution in [3.8, 4) is 0 Å². The molecule has 1 aliphatic carbocycles. The molecule has 1 fully saturated rings. The molecule has 1 saturated carbocycles. The molecule has 1 aromatic rings. The van der Waals surface area contributed by atoms with Crippen LogP contribution in [-0.4, -0.2) is 22.0 Å². The molecule has 0 spiro atoms. The fraction of sp³-hybridized carbons (Fsp3) is 0.533. The summed E-state index contributed by atoms with van der Waals surface area (Å²) in [5, 5.41) is 23.6. The van der Waals surface area contributed by atoms with Gasteiger partial charge in [-0.05, 0) is 24.3 Å². The van der Waals surface area contributed by atoms with Crippen LogP contribution < -0.4 is 5.32 Å². The molecule has 21 heavy (non-hydrogen) atoms. The Labute approximate surface area is 123 Å². The highest BCUT2D eigenvalue weighted by atomic mass is 16.6. The van der Waals surface area contributed by atoms with E-state index in [1.54, 1.807) is 6.07 Å². The molecule has 2 atom stereocenters. The molecule has 0 amide bonds. The van der Waals surface area contributed by atoms with E-state index in [0.717, 1.165) is 6.42 Å². The minimum atomic E-state index is -1.25. The van der Waals surface area contributed by atoms with Crippen LogP contribution in [0.5, 0.6) is 0 Å². The number of nitro groups is 1. The van der Waals surface area contributed by atoms with E-state index in [1.807, 2.05) is 0 Å². The number of carboxylic acid groups (broad SMARTS) is 1. The van der Waals surface area contributed by atoms with Gasteiger partial charge in [0.2, 0.25) is 0 Å². The monoisotopic (exact) mass is 292 g/mol. The lowest BCUT2D eigenvalue weighted by Crippen LogP contribution is -2.37. The third-order valence-corrected chi connectivity index (χ3v) is 4.21. The summed E-state index contributed by atoms with van der Waals surface area (Å²) in [7, 11) is 0. The lowest BCUT2D eigenvalue weighted by atomic mass is 9.86. The van der Waals surface area contributed by atoms with E-state index in [9.17, 15) is 20.0 Å². The molecule has 114 valence electrons. The lowest BCUT2D eigenvalue weighted by Gasteiger charge is -2.29. The van der Waals surface area contributed by atoms with Gasteiger partial charge in [0.05, 0.1) is 4.92 Å². The first-order valence-electron chi connectivity index (χ1n) is 7.23. The summed E-state index contributed by atoms with van der Waals surface area (Å²) in [6.07, 6.45) is 4.64. The zero-order valence-electron chi connectivity index (χ0n) is 12.0. The van der Waals surface area contributed by atoms with Gasteiger partial charge in [-0.3, -0.25) is 10.1 Å². The maximum atomic E-state index is 11.3. The predicted octanol–water partition coefficient (Wildman–Crippen LogP) is 2.96. The van der Waals surface area contributed by atoms with Crippen LogP contribution in [0, 0.1) is 16.0 Å². The van der Waals surface area contributed by atoms with Crippen LogP contribution in [0.25, 0.3) is 0 Å². The van der Waals surface area contributed by atoms with Crippen molar-refractivity contribution in [3.63, 3.8) is 0 Å². The number of nitro benzene ring substituents is 1. The van der Waals surface area contributed by atoms with Gasteiger partial charge in [-0.15, -0.1) is 0 Å². The second kappa shape index (κ2) is 6.67. The van der Waals surface area contributed by atoms with Crippen LogP contribution >= 0.6 is 0 Å². The fourth-order valence-corrected chi connectivity index (χ4v) is 2.99. The standard InChI is InChI=1S/C15H20N2O4/c1-10-5-2-3-7-12(10)16-9-11-6-4-8-13(17(20)21)14(11)15(18)19/h4,6,8,10,12,16H,2-3,5,7,9H2,1H3,(H,18,19). The highest BCUT2D eigenvalue weighted by Gasteiger charge is 2.25. The van der Waals surface area contributed by atoms with Crippen molar-refractivity contribution < 1.29 is 14.8 Å². The molecule has 0 bridgehead atoms. The maximum absolute atomic E-state index is 11.3. The van der Waals surface area contributed by atoms with E-state index in [1.165, 1.54) is 31.4 Å². The van der Waals surface area contributed by atoms with Crippen molar-refractivity contribution in [2.75, 3.05) is 0 Å². The fourth-order valence-electron chi connectivity index (χ4n) is 2.99. The quantitative estimate of drug-likeness (QED) is 0.643. The van der Waals surface area contributed by atoms with Crippen LogP contribution in [0.1, 0.15) is 48.5 Å². The Morgan fingerprint density at radius 3 is 2.76 bits per heavy atom. The van der Waals surface area contributed by atoms with Gasteiger partial charge in [-0.2, -0.15) is 0 Å². The average molecular weight is 292 g/mol.